The first-order chi connectivity index (χ1) is 19.0. The second kappa shape index (κ2) is 8.86. The summed E-state index contributed by atoms with van der Waals surface area (Å²) in [6, 6.07) is 3.38. The standard InChI is InChI=1S/C26H8F8N6/c27-17-15(18(28)21(31)23(20(17)30)39-7-37)13-12(11(6-36)10-3-1-9(5-35)2-4-10)14(13)16-19(29)22(32)24-25(33)26(16,34)40(24)8-38/h1-4,23-25,39H/b12-11-,15-13?,16-14+/t23?,24?,25?,26-/m1/s1. The molecule has 0 radical (unpaired) electrons. The number of nitrogens with one attached hydrogen (secondary N) is 1. The molecule has 2 heterocycles. The number of nitriles is 4. The molecule has 3 atom stereocenters. The van der Waals surface area contributed by atoms with Gasteiger partial charge in [-0.05, 0) is 17.7 Å². The Kier molecular flexibility index (Phi) is 5.82. The van der Waals surface area contributed by atoms with E-state index in [1.165, 1.54) is 23.6 Å². The molecule has 1 N–H and O–H groups in total. The van der Waals surface area contributed by atoms with Gasteiger partial charge in [0.1, 0.15) is 18.2 Å². The van der Waals surface area contributed by atoms with E-state index in [-0.39, 0.29) is 16.0 Å². The maximum absolute atomic E-state index is 15.9. The smallest absolute Gasteiger partial charge is 0.254 e. The first-order valence-corrected chi connectivity index (χ1v) is 11.0. The number of benzene rings is 1. The van der Waals surface area contributed by atoms with Crippen LogP contribution in [0.3, 0.4) is 0 Å². The predicted octanol–water partition coefficient (Wildman–Crippen LogP) is 5.53. The van der Waals surface area contributed by atoms with Crippen LogP contribution < -0.4 is 5.32 Å². The zero-order chi connectivity index (χ0) is 29.3. The summed E-state index contributed by atoms with van der Waals surface area (Å²) in [6.07, 6.45) is -0.580. The summed E-state index contributed by atoms with van der Waals surface area (Å²) < 4.78 is 120. The van der Waals surface area contributed by atoms with Gasteiger partial charge in [-0.2, -0.15) is 21.0 Å². The number of rotatable bonds is 2. The molecule has 0 amide bonds. The number of allylic oxidation sites excluding steroid dienone is 7. The molecule has 2 fully saturated rings. The minimum atomic E-state index is -3.69. The Morgan fingerprint density at radius 3 is 1.93 bits per heavy atom. The van der Waals surface area contributed by atoms with Crippen molar-refractivity contribution in [2.24, 2.45) is 0 Å². The maximum atomic E-state index is 15.9. The van der Waals surface area contributed by atoms with Gasteiger partial charge in [0.25, 0.3) is 5.79 Å². The number of fused-ring (bicyclic) bond motifs is 1. The average Bonchev–Trinajstić information content (AvgIpc) is 3.65. The fraction of sp³-hybridized carbons (Fsp3) is 0.154. The number of hydrogen-bond donors (Lipinski definition) is 1. The van der Waals surface area contributed by atoms with E-state index in [0.717, 1.165) is 18.3 Å². The third-order valence-electron chi connectivity index (χ3n) is 6.84. The minimum Gasteiger partial charge on any atom is -0.307 e. The Hall–Kier alpha value is -5.34. The number of hydrogen-bond acceptors (Lipinski definition) is 6. The second-order valence-corrected chi connectivity index (χ2v) is 8.72. The highest BCUT2D eigenvalue weighted by atomic mass is 19.2. The van der Waals surface area contributed by atoms with E-state index >= 15 is 17.6 Å². The lowest BCUT2D eigenvalue weighted by atomic mass is 9.75. The lowest BCUT2D eigenvalue weighted by molar-refractivity contribution is -0.171. The van der Waals surface area contributed by atoms with Crippen LogP contribution in [0.5, 0.6) is 0 Å². The molecule has 1 saturated heterocycles. The number of alkyl halides is 2. The second-order valence-electron chi connectivity index (χ2n) is 8.72. The molecule has 198 valence electrons. The van der Waals surface area contributed by atoms with Gasteiger partial charge in [0.2, 0.25) is 0 Å². The Labute approximate surface area is 219 Å². The van der Waals surface area contributed by atoms with Gasteiger partial charge in [-0.3, -0.25) is 4.90 Å². The molecule has 6 nitrogen and oxygen atoms in total. The molecule has 6 rings (SSSR count). The SMILES string of the molecule is N#CNC1C(F)=C(F)C(=C2C(=C(\C#N)c3ccc(C#N)cc3)/C2=C2/C(F)=C(F)C3C(F)[C@]2(F)N3C#N)C(F)=C1F. The van der Waals surface area contributed by atoms with Crippen LogP contribution >= 0.6 is 0 Å². The zero-order valence-electron chi connectivity index (χ0n) is 19.3. The number of nitrogens with zero attached hydrogens (tertiary/aromatic N) is 5. The van der Waals surface area contributed by atoms with Crippen LogP contribution in [0.4, 0.5) is 35.1 Å². The van der Waals surface area contributed by atoms with Gasteiger partial charge >= 0.3 is 0 Å². The van der Waals surface area contributed by atoms with Crippen LogP contribution in [0.2, 0.25) is 0 Å². The van der Waals surface area contributed by atoms with E-state index in [1.54, 1.807) is 12.1 Å². The Balaban J connectivity index is 1.91. The van der Waals surface area contributed by atoms with Gasteiger partial charge in [-0.25, -0.2) is 35.1 Å². The quantitative estimate of drug-likeness (QED) is 0.169. The summed E-state index contributed by atoms with van der Waals surface area (Å²) in [6.45, 7) is 0. The van der Waals surface area contributed by atoms with E-state index in [2.05, 4.69) is 0 Å². The molecule has 1 aromatic carbocycles. The van der Waals surface area contributed by atoms with Gasteiger partial charge in [0.05, 0.1) is 28.4 Å². The van der Waals surface area contributed by atoms with Crippen molar-refractivity contribution < 1.29 is 35.1 Å². The lowest BCUT2D eigenvalue weighted by Crippen LogP contribution is -2.74. The van der Waals surface area contributed by atoms with Gasteiger partial charge in [-0.1, -0.05) is 12.1 Å². The third kappa shape index (κ3) is 3.17. The summed E-state index contributed by atoms with van der Waals surface area (Å²) in [5.41, 5.74) is -6.41. The molecular formula is C26H8F8N6. The first kappa shape index (κ1) is 26.3. The Bertz CT molecular complexity index is 1740. The van der Waals surface area contributed by atoms with Crippen LogP contribution in [0.25, 0.3) is 5.57 Å². The minimum absolute atomic E-state index is 0.0717. The van der Waals surface area contributed by atoms with Crippen LogP contribution in [-0.4, -0.2) is 28.9 Å². The van der Waals surface area contributed by atoms with Crippen molar-refractivity contribution in [2.75, 3.05) is 0 Å². The molecule has 40 heavy (non-hydrogen) atoms. The predicted molar refractivity (Wildman–Crippen MR) is 118 cm³/mol. The van der Waals surface area contributed by atoms with Crippen molar-refractivity contribution in [3.8, 4) is 24.5 Å². The normalized spacial score (nSPS) is 30.3. The van der Waals surface area contributed by atoms with Crippen molar-refractivity contribution in [3.05, 3.63) is 98.2 Å². The van der Waals surface area contributed by atoms with Gasteiger partial charge < -0.3 is 5.32 Å². The highest BCUT2D eigenvalue weighted by molar-refractivity contribution is 6.01. The lowest BCUT2D eigenvalue weighted by Gasteiger charge is -2.55. The molecule has 0 aromatic heterocycles. The highest BCUT2D eigenvalue weighted by Crippen LogP contribution is 2.65. The largest absolute Gasteiger partial charge is 0.307 e. The van der Waals surface area contributed by atoms with Crippen molar-refractivity contribution in [1.82, 2.24) is 10.2 Å². The van der Waals surface area contributed by atoms with Crippen molar-refractivity contribution >= 4 is 5.57 Å². The van der Waals surface area contributed by atoms with Crippen molar-refractivity contribution in [3.63, 3.8) is 0 Å². The van der Waals surface area contributed by atoms with E-state index in [9.17, 15) is 28.1 Å². The molecule has 2 aliphatic heterocycles. The Morgan fingerprint density at radius 2 is 1.43 bits per heavy atom. The fourth-order valence-electron chi connectivity index (χ4n) is 4.94. The molecule has 1 saturated carbocycles. The highest BCUT2D eigenvalue weighted by Gasteiger charge is 2.73. The molecule has 5 aliphatic rings. The van der Waals surface area contributed by atoms with Gasteiger partial charge in [0.15, 0.2) is 53.5 Å². The van der Waals surface area contributed by atoms with Crippen LogP contribution in [0.15, 0.2) is 87.1 Å². The summed E-state index contributed by atoms with van der Waals surface area (Å²) in [5, 5.41) is 38.3. The van der Waals surface area contributed by atoms with Crippen LogP contribution in [0.1, 0.15) is 11.1 Å². The molecule has 0 spiro atoms. The van der Waals surface area contributed by atoms with Crippen LogP contribution in [0, 0.1) is 45.6 Å². The maximum Gasteiger partial charge on any atom is 0.254 e. The van der Waals surface area contributed by atoms with E-state index < -0.39 is 92.4 Å². The zero-order valence-corrected chi connectivity index (χ0v) is 19.3. The molecule has 14 heteroatoms. The monoisotopic (exact) mass is 556 g/mol. The summed E-state index contributed by atoms with van der Waals surface area (Å²) in [7, 11) is 0. The third-order valence-corrected chi connectivity index (χ3v) is 6.84. The summed E-state index contributed by atoms with van der Waals surface area (Å²) >= 11 is 0. The van der Waals surface area contributed by atoms with Crippen LogP contribution in [-0.2, 0) is 0 Å². The first-order valence-electron chi connectivity index (χ1n) is 11.0. The van der Waals surface area contributed by atoms with Gasteiger partial charge in [0, 0.05) is 16.7 Å². The van der Waals surface area contributed by atoms with Gasteiger partial charge in [-0.15, -0.1) is 0 Å². The van der Waals surface area contributed by atoms with Crippen molar-refractivity contribution in [1.29, 1.82) is 21.0 Å². The molecule has 1 aromatic rings. The number of halogens is 8. The van der Waals surface area contributed by atoms with Crippen molar-refractivity contribution in [2.45, 2.75) is 24.0 Å². The molecule has 2 unspecified atom stereocenters. The molecular weight excluding hydrogens is 548 g/mol. The van der Waals surface area contributed by atoms with E-state index in [1.807, 2.05) is 0 Å². The fourth-order valence-corrected chi connectivity index (χ4v) is 4.94. The topological polar surface area (TPSA) is 110 Å². The molecule has 2 bridgehead atoms. The molecule has 3 aliphatic carbocycles. The summed E-state index contributed by atoms with van der Waals surface area (Å²) in [5.74, 6) is -16.0. The van der Waals surface area contributed by atoms with E-state index in [4.69, 9.17) is 10.5 Å². The average molecular weight is 556 g/mol. The Morgan fingerprint density at radius 1 is 0.825 bits per heavy atom. The summed E-state index contributed by atoms with van der Waals surface area (Å²) in [4.78, 5) is -0.0717. The van der Waals surface area contributed by atoms with E-state index in [0.29, 0.717) is 0 Å².